The molecule has 4 atom stereocenters. The van der Waals surface area contributed by atoms with Crippen LogP contribution in [-0.4, -0.2) is 70.7 Å². The monoisotopic (exact) mass is 475 g/mol. The fourth-order valence-electron chi connectivity index (χ4n) is 3.67. The SMILES string of the molecule is CCOC(Cc1c(Cl)ncnc1N[C@@H]1S[C@H](COC(C)=O)[C@H]2OC(C)(C)O[C@H]21)OCC. The second-order valence-corrected chi connectivity index (χ2v) is 9.39. The molecule has 3 rings (SSSR count). The van der Waals surface area contributed by atoms with Gasteiger partial charge in [-0.1, -0.05) is 11.6 Å². The minimum absolute atomic E-state index is 0.0754. The fraction of sp³-hybridized carbons (Fsp3) is 0.750. The topological polar surface area (TPSA) is 101 Å². The van der Waals surface area contributed by atoms with Crippen molar-refractivity contribution in [1.29, 1.82) is 0 Å². The molecule has 31 heavy (non-hydrogen) atoms. The molecule has 2 aliphatic rings. The smallest absolute Gasteiger partial charge is 0.302 e. The van der Waals surface area contributed by atoms with Crippen LogP contribution in [0.15, 0.2) is 6.33 Å². The van der Waals surface area contributed by atoms with Gasteiger partial charge in [-0.05, 0) is 27.7 Å². The molecule has 2 aliphatic heterocycles. The van der Waals surface area contributed by atoms with E-state index in [0.29, 0.717) is 36.2 Å². The largest absolute Gasteiger partial charge is 0.465 e. The van der Waals surface area contributed by atoms with Gasteiger partial charge in [-0.3, -0.25) is 4.79 Å². The predicted octanol–water partition coefficient (Wildman–Crippen LogP) is 3.01. The van der Waals surface area contributed by atoms with Gasteiger partial charge in [0.2, 0.25) is 0 Å². The summed E-state index contributed by atoms with van der Waals surface area (Å²) in [6.07, 6.45) is 0.877. The van der Waals surface area contributed by atoms with Crippen LogP contribution in [0.4, 0.5) is 5.82 Å². The summed E-state index contributed by atoms with van der Waals surface area (Å²) in [5, 5.41) is 3.51. The van der Waals surface area contributed by atoms with Crippen molar-refractivity contribution in [2.24, 2.45) is 0 Å². The number of carbonyl (C=O) groups is 1. The maximum absolute atomic E-state index is 11.3. The van der Waals surface area contributed by atoms with Crippen molar-refractivity contribution in [3.8, 4) is 0 Å². The summed E-state index contributed by atoms with van der Waals surface area (Å²) in [4.78, 5) is 19.8. The Bertz CT molecular complexity index is 764. The first-order valence-corrected chi connectivity index (χ1v) is 11.7. The number of esters is 1. The lowest BCUT2D eigenvalue weighted by atomic mass is 10.1. The number of hydrogen-bond donors (Lipinski definition) is 1. The van der Waals surface area contributed by atoms with Crippen LogP contribution in [0.5, 0.6) is 0 Å². The van der Waals surface area contributed by atoms with Crippen LogP contribution < -0.4 is 5.32 Å². The molecule has 0 radical (unpaired) electrons. The highest BCUT2D eigenvalue weighted by Crippen LogP contribution is 2.46. The molecule has 0 saturated carbocycles. The van der Waals surface area contributed by atoms with Crippen LogP contribution in [0, 0.1) is 0 Å². The molecule has 11 heteroatoms. The molecular formula is C20H30ClN3O6S. The van der Waals surface area contributed by atoms with Crippen LogP contribution in [0.25, 0.3) is 0 Å². The first-order valence-electron chi connectivity index (χ1n) is 10.4. The van der Waals surface area contributed by atoms with Gasteiger partial charge in [0.05, 0.1) is 5.25 Å². The van der Waals surface area contributed by atoms with E-state index in [2.05, 4.69) is 15.3 Å². The van der Waals surface area contributed by atoms with Crippen molar-refractivity contribution in [3.63, 3.8) is 0 Å². The molecule has 0 unspecified atom stereocenters. The Morgan fingerprint density at radius 3 is 2.58 bits per heavy atom. The second-order valence-electron chi connectivity index (χ2n) is 7.64. The molecule has 0 bridgehead atoms. The Balaban J connectivity index is 1.79. The van der Waals surface area contributed by atoms with E-state index in [9.17, 15) is 4.79 Å². The van der Waals surface area contributed by atoms with Crippen LogP contribution in [0.1, 0.15) is 40.2 Å². The zero-order valence-corrected chi connectivity index (χ0v) is 20.0. The number of fused-ring (bicyclic) bond motifs is 1. The van der Waals surface area contributed by atoms with E-state index in [-0.39, 0.29) is 35.4 Å². The summed E-state index contributed by atoms with van der Waals surface area (Å²) < 4.78 is 28.8. The third kappa shape index (κ3) is 6.21. The van der Waals surface area contributed by atoms with E-state index >= 15 is 0 Å². The number of rotatable bonds is 10. The number of thioether (sulfide) groups is 1. The van der Waals surface area contributed by atoms with Gasteiger partial charge in [0.1, 0.15) is 41.5 Å². The average Bonchev–Trinajstić information content (AvgIpc) is 3.16. The lowest BCUT2D eigenvalue weighted by Crippen LogP contribution is -2.35. The number of aromatic nitrogens is 2. The van der Waals surface area contributed by atoms with Crippen LogP contribution in [0.2, 0.25) is 5.15 Å². The molecule has 0 spiro atoms. The van der Waals surface area contributed by atoms with Crippen molar-refractivity contribution in [3.05, 3.63) is 17.0 Å². The Morgan fingerprint density at radius 2 is 1.94 bits per heavy atom. The second kappa shape index (κ2) is 10.6. The lowest BCUT2D eigenvalue weighted by molar-refractivity contribution is -0.150. The summed E-state index contributed by atoms with van der Waals surface area (Å²) in [6.45, 7) is 10.2. The number of nitrogens with zero attached hydrogens (tertiary/aromatic N) is 2. The lowest BCUT2D eigenvalue weighted by Gasteiger charge is -2.25. The number of ether oxygens (including phenoxy) is 5. The van der Waals surface area contributed by atoms with E-state index in [1.165, 1.54) is 13.3 Å². The first kappa shape index (κ1) is 24.5. The molecule has 174 valence electrons. The Labute approximate surface area is 191 Å². The molecular weight excluding hydrogens is 446 g/mol. The molecule has 0 amide bonds. The summed E-state index contributed by atoms with van der Waals surface area (Å²) in [5.41, 5.74) is 0.704. The van der Waals surface area contributed by atoms with Crippen molar-refractivity contribution >= 4 is 35.1 Å². The summed E-state index contributed by atoms with van der Waals surface area (Å²) >= 11 is 8.00. The molecule has 1 N–H and O–H groups in total. The van der Waals surface area contributed by atoms with E-state index in [1.807, 2.05) is 27.7 Å². The maximum atomic E-state index is 11.3. The minimum atomic E-state index is -0.730. The predicted molar refractivity (Wildman–Crippen MR) is 117 cm³/mol. The van der Waals surface area contributed by atoms with Crippen LogP contribution in [-0.2, 0) is 34.9 Å². The third-order valence-corrected chi connectivity index (χ3v) is 6.61. The molecule has 2 saturated heterocycles. The molecule has 2 fully saturated rings. The standard InChI is InChI=1S/C20H30ClN3O6S/c1-6-26-14(27-7-2)8-12-17(21)22-10-23-18(12)24-19-16-15(29-20(4,5)30-16)13(31-19)9-28-11(3)25/h10,13-16,19H,6-9H2,1-5H3,(H,22,23,24)/t13-,15-,16-,19-/m1/s1. The quantitative estimate of drug-likeness (QED) is 0.308. The Morgan fingerprint density at radius 1 is 1.26 bits per heavy atom. The third-order valence-electron chi connectivity index (χ3n) is 4.85. The van der Waals surface area contributed by atoms with Gasteiger partial charge in [0.25, 0.3) is 0 Å². The van der Waals surface area contributed by atoms with Gasteiger partial charge in [-0.2, -0.15) is 0 Å². The number of carbonyl (C=O) groups excluding carboxylic acids is 1. The van der Waals surface area contributed by atoms with Crippen molar-refractivity contribution in [2.45, 2.75) is 75.9 Å². The van der Waals surface area contributed by atoms with E-state index in [1.54, 1.807) is 11.8 Å². The van der Waals surface area contributed by atoms with Crippen LogP contribution >= 0.6 is 23.4 Å². The summed E-state index contributed by atoms with van der Waals surface area (Å²) in [5.74, 6) is -0.470. The Kier molecular flexibility index (Phi) is 8.39. The van der Waals surface area contributed by atoms with Gasteiger partial charge in [-0.15, -0.1) is 11.8 Å². The highest BCUT2D eigenvalue weighted by molar-refractivity contribution is 8.01. The number of halogens is 1. The number of hydrogen-bond acceptors (Lipinski definition) is 10. The molecule has 0 aliphatic carbocycles. The molecule has 1 aromatic heterocycles. The van der Waals surface area contributed by atoms with Gasteiger partial charge >= 0.3 is 5.97 Å². The number of nitrogens with one attached hydrogen (secondary N) is 1. The molecule has 3 heterocycles. The van der Waals surface area contributed by atoms with Crippen molar-refractivity contribution < 1.29 is 28.5 Å². The van der Waals surface area contributed by atoms with Crippen molar-refractivity contribution in [1.82, 2.24) is 9.97 Å². The molecule has 9 nitrogen and oxygen atoms in total. The molecule has 0 aromatic carbocycles. The average molecular weight is 476 g/mol. The minimum Gasteiger partial charge on any atom is -0.465 e. The van der Waals surface area contributed by atoms with Gasteiger partial charge < -0.3 is 29.0 Å². The Hall–Kier alpha value is -1.17. The normalized spacial score (nSPS) is 26.8. The van der Waals surface area contributed by atoms with Gasteiger partial charge in [0, 0.05) is 32.1 Å². The maximum Gasteiger partial charge on any atom is 0.302 e. The van der Waals surface area contributed by atoms with E-state index in [4.69, 9.17) is 35.3 Å². The zero-order chi connectivity index (χ0) is 22.6. The summed E-state index contributed by atoms with van der Waals surface area (Å²) in [7, 11) is 0. The highest BCUT2D eigenvalue weighted by atomic mass is 35.5. The van der Waals surface area contributed by atoms with Gasteiger partial charge in [-0.25, -0.2) is 9.97 Å². The zero-order valence-electron chi connectivity index (χ0n) is 18.4. The highest BCUT2D eigenvalue weighted by Gasteiger charge is 2.55. The molecule has 1 aromatic rings. The number of anilines is 1. The van der Waals surface area contributed by atoms with E-state index in [0.717, 1.165) is 0 Å². The van der Waals surface area contributed by atoms with E-state index < -0.39 is 12.1 Å². The fourth-order valence-corrected chi connectivity index (χ4v) is 5.31. The van der Waals surface area contributed by atoms with Gasteiger partial charge in [0.15, 0.2) is 12.1 Å². The summed E-state index contributed by atoms with van der Waals surface area (Å²) in [6, 6.07) is 0. The van der Waals surface area contributed by atoms with Crippen molar-refractivity contribution in [2.75, 3.05) is 25.1 Å². The van der Waals surface area contributed by atoms with Crippen LogP contribution in [0.3, 0.4) is 0 Å². The first-order chi connectivity index (χ1) is 14.7.